The van der Waals surface area contributed by atoms with Gasteiger partial charge in [0.2, 0.25) is 0 Å². The van der Waals surface area contributed by atoms with E-state index in [2.05, 4.69) is 10.1 Å². The van der Waals surface area contributed by atoms with Crippen LogP contribution in [0.1, 0.15) is 37.0 Å². The summed E-state index contributed by atoms with van der Waals surface area (Å²) in [6.45, 7) is 5.09. The molecule has 1 rings (SSSR count). The van der Waals surface area contributed by atoms with E-state index in [1.165, 1.54) is 7.11 Å². The molecule has 0 bridgehead atoms. The zero-order valence-corrected chi connectivity index (χ0v) is 12.8. The molecule has 0 saturated heterocycles. The highest BCUT2D eigenvalue weighted by atomic mass is 16.5. The first-order valence-corrected chi connectivity index (χ1v) is 7.19. The molecule has 0 spiro atoms. The average molecular weight is 293 g/mol. The molecule has 1 atom stereocenters. The number of rotatable bonds is 9. The van der Waals surface area contributed by atoms with Crippen LogP contribution in [0.15, 0.2) is 24.3 Å². The third-order valence-corrected chi connectivity index (χ3v) is 3.08. The summed E-state index contributed by atoms with van der Waals surface area (Å²) < 4.78 is 9.97. The van der Waals surface area contributed by atoms with Gasteiger partial charge in [0.05, 0.1) is 19.8 Å². The van der Waals surface area contributed by atoms with Crippen LogP contribution in [-0.2, 0) is 9.53 Å². The standard InChI is InChI=1S/C16H23NO4/c1-4-17-14(10-11-15(18)20-3)16(19)12-6-8-13(9-7-12)21-5-2/h6-9,14,17H,4-5,10-11H2,1-3H3. The molecule has 0 radical (unpaired) electrons. The van der Waals surface area contributed by atoms with Crippen LogP contribution in [0.5, 0.6) is 5.75 Å². The first kappa shape index (κ1) is 17.2. The summed E-state index contributed by atoms with van der Waals surface area (Å²) >= 11 is 0. The average Bonchev–Trinajstić information content (AvgIpc) is 2.51. The van der Waals surface area contributed by atoms with Gasteiger partial charge in [-0.3, -0.25) is 9.59 Å². The minimum absolute atomic E-state index is 0.0243. The van der Waals surface area contributed by atoms with Gasteiger partial charge < -0.3 is 14.8 Å². The van der Waals surface area contributed by atoms with Gasteiger partial charge in [-0.05, 0) is 44.2 Å². The summed E-state index contributed by atoms with van der Waals surface area (Å²) in [6, 6.07) is 6.66. The number of methoxy groups -OCH3 is 1. The van der Waals surface area contributed by atoms with Crippen LogP contribution >= 0.6 is 0 Å². The van der Waals surface area contributed by atoms with Gasteiger partial charge in [0.1, 0.15) is 5.75 Å². The minimum atomic E-state index is -0.382. The normalized spacial score (nSPS) is 11.8. The van der Waals surface area contributed by atoms with Gasteiger partial charge in [0.25, 0.3) is 0 Å². The number of ether oxygens (including phenoxy) is 2. The molecule has 0 fully saturated rings. The Labute approximate surface area is 125 Å². The number of nitrogens with one attached hydrogen (secondary N) is 1. The van der Waals surface area contributed by atoms with E-state index < -0.39 is 0 Å². The first-order chi connectivity index (χ1) is 10.1. The van der Waals surface area contributed by atoms with Crippen molar-refractivity contribution < 1.29 is 19.1 Å². The maximum Gasteiger partial charge on any atom is 0.305 e. The lowest BCUT2D eigenvalue weighted by molar-refractivity contribution is -0.140. The molecule has 1 aromatic carbocycles. The van der Waals surface area contributed by atoms with Crippen molar-refractivity contribution >= 4 is 11.8 Å². The second-order valence-corrected chi connectivity index (χ2v) is 4.55. The highest BCUT2D eigenvalue weighted by molar-refractivity contribution is 6.00. The van der Waals surface area contributed by atoms with Crippen molar-refractivity contribution in [2.75, 3.05) is 20.3 Å². The Morgan fingerprint density at radius 2 is 1.86 bits per heavy atom. The van der Waals surface area contributed by atoms with E-state index >= 15 is 0 Å². The second kappa shape index (κ2) is 9.13. The number of benzene rings is 1. The maximum absolute atomic E-state index is 12.4. The van der Waals surface area contributed by atoms with Gasteiger partial charge in [-0.1, -0.05) is 6.92 Å². The van der Waals surface area contributed by atoms with Crippen molar-refractivity contribution in [1.29, 1.82) is 0 Å². The Balaban J connectivity index is 2.72. The molecule has 21 heavy (non-hydrogen) atoms. The Morgan fingerprint density at radius 3 is 2.38 bits per heavy atom. The lowest BCUT2D eigenvalue weighted by Gasteiger charge is -2.16. The zero-order chi connectivity index (χ0) is 15.7. The van der Waals surface area contributed by atoms with E-state index in [4.69, 9.17) is 4.74 Å². The molecule has 0 heterocycles. The number of hydrogen-bond donors (Lipinski definition) is 1. The monoisotopic (exact) mass is 293 g/mol. The molecule has 5 heteroatoms. The number of Topliss-reactive ketones (excluding diaryl/α,β-unsaturated/α-hetero) is 1. The number of carbonyl (C=O) groups excluding carboxylic acids is 2. The molecule has 116 valence electrons. The third-order valence-electron chi connectivity index (χ3n) is 3.08. The molecular weight excluding hydrogens is 270 g/mol. The Morgan fingerprint density at radius 1 is 1.19 bits per heavy atom. The lowest BCUT2D eigenvalue weighted by Crippen LogP contribution is -2.37. The Bertz CT molecular complexity index is 456. The van der Waals surface area contributed by atoms with E-state index in [9.17, 15) is 9.59 Å². The van der Waals surface area contributed by atoms with E-state index in [1.54, 1.807) is 24.3 Å². The number of esters is 1. The highest BCUT2D eigenvalue weighted by Crippen LogP contribution is 2.15. The van der Waals surface area contributed by atoms with Crippen molar-refractivity contribution in [3.05, 3.63) is 29.8 Å². The predicted molar refractivity (Wildman–Crippen MR) is 80.7 cm³/mol. The minimum Gasteiger partial charge on any atom is -0.494 e. The molecular formula is C16H23NO4. The van der Waals surface area contributed by atoms with Crippen LogP contribution in [0.4, 0.5) is 0 Å². The predicted octanol–water partition coefficient (Wildman–Crippen LogP) is 2.20. The van der Waals surface area contributed by atoms with Crippen molar-refractivity contribution in [3.8, 4) is 5.75 Å². The number of likely N-dealkylation sites (N-methyl/N-ethyl adjacent to an activating group) is 1. The second-order valence-electron chi connectivity index (χ2n) is 4.55. The summed E-state index contributed by atoms with van der Waals surface area (Å²) in [5, 5.41) is 3.11. The van der Waals surface area contributed by atoms with Crippen molar-refractivity contribution in [2.45, 2.75) is 32.7 Å². The van der Waals surface area contributed by atoms with E-state index in [0.717, 1.165) is 5.75 Å². The van der Waals surface area contributed by atoms with Gasteiger partial charge in [-0.2, -0.15) is 0 Å². The highest BCUT2D eigenvalue weighted by Gasteiger charge is 2.20. The summed E-state index contributed by atoms with van der Waals surface area (Å²) in [5.74, 6) is 0.407. The van der Waals surface area contributed by atoms with Crippen molar-refractivity contribution in [1.82, 2.24) is 5.32 Å². The Hall–Kier alpha value is -1.88. The van der Waals surface area contributed by atoms with Gasteiger partial charge in [0.15, 0.2) is 5.78 Å². The van der Waals surface area contributed by atoms with Crippen molar-refractivity contribution in [2.24, 2.45) is 0 Å². The molecule has 5 nitrogen and oxygen atoms in total. The lowest BCUT2D eigenvalue weighted by atomic mass is 10.00. The molecule has 1 aromatic rings. The van der Waals surface area contributed by atoms with Crippen LogP contribution in [0.2, 0.25) is 0 Å². The first-order valence-electron chi connectivity index (χ1n) is 7.19. The van der Waals surface area contributed by atoms with Crippen LogP contribution in [0, 0.1) is 0 Å². The molecule has 0 aromatic heterocycles. The fourth-order valence-electron chi connectivity index (χ4n) is 2.02. The van der Waals surface area contributed by atoms with Gasteiger partial charge in [0, 0.05) is 12.0 Å². The van der Waals surface area contributed by atoms with Crippen LogP contribution in [0.3, 0.4) is 0 Å². The van der Waals surface area contributed by atoms with Gasteiger partial charge in [-0.15, -0.1) is 0 Å². The molecule has 0 amide bonds. The number of carbonyl (C=O) groups is 2. The third kappa shape index (κ3) is 5.55. The van der Waals surface area contributed by atoms with Gasteiger partial charge in [-0.25, -0.2) is 0 Å². The van der Waals surface area contributed by atoms with E-state index in [1.807, 2.05) is 13.8 Å². The largest absolute Gasteiger partial charge is 0.494 e. The summed E-state index contributed by atoms with van der Waals surface area (Å²) in [6.07, 6.45) is 0.642. The smallest absolute Gasteiger partial charge is 0.305 e. The van der Waals surface area contributed by atoms with Crippen LogP contribution in [-0.4, -0.2) is 38.1 Å². The molecule has 0 aliphatic carbocycles. The molecule has 0 saturated carbocycles. The van der Waals surface area contributed by atoms with Crippen molar-refractivity contribution in [3.63, 3.8) is 0 Å². The van der Waals surface area contributed by atoms with Gasteiger partial charge >= 0.3 is 5.97 Å². The number of hydrogen-bond acceptors (Lipinski definition) is 5. The van der Waals surface area contributed by atoms with Crippen LogP contribution in [0.25, 0.3) is 0 Å². The molecule has 1 N–H and O–H groups in total. The van der Waals surface area contributed by atoms with Crippen LogP contribution < -0.4 is 10.1 Å². The summed E-state index contributed by atoms with van der Waals surface area (Å²) in [5.41, 5.74) is 0.606. The fraction of sp³-hybridized carbons (Fsp3) is 0.500. The molecule has 0 aliphatic heterocycles. The maximum atomic E-state index is 12.4. The number of ketones is 1. The topological polar surface area (TPSA) is 64.6 Å². The quantitative estimate of drug-likeness (QED) is 0.558. The Kier molecular flexibility index (Phi) is 7.46. The van der Waals surface area contributed by atoms with E-state index in [0.29, 0.717) is 25.1 Å². The van der Waals surface area contributed by atoms with E-state index in [-0.39, 0.29) is 24.2 Å². The SMILES string of the molecule is CCNC(CCC(=O)OC)C(=O)c1ccc(OCC)cc1. The summed E-state index contributed by atoms with van der Waals surface area (Å²) in [7, 11) is 1.35. The summed E-state index contributed by atoms with van der Waals surface area (Å²) in [4.78, 5) is 23.7. The molecule has 0 aliphatic rings. The molecule has 1 unspecified atom stereocenters. The zero-order valence-electron chi connectivity index (χ0n) is 12.8. The fourth-order valence-corrected chi connectivity index (χ4v) is 2.02.